The van der Waals surface area contributed by atoms with E-state index in [0.717, 1.165) is 31.5 Å². The predicted molar refractivity (Wildman–Crippen MR) is 114 cm³/mol. The van der Waals surface area contributed by atoms with E-state index in [-0.39, 0.29) is 17.7 Å². The van der Waals surface area contributed by atoms with Crippen molar-refractivity contribution in [3.8, 4) is 0 Å². The zero-order chi connectivity index (χ0) is 20.9. The van der Waals surface area contributed by atoms with Crippen LogP contribution < -0.4 is 10.2 Å². The molecule has 2 fully saturated rings. The van der Waals surface area contributed by atoms with Crippen LogP contribution in [0.4, 0.5) is 15.9 Å². The largest absolute Gasteiger partial charge is 0.353 e. The molecule has 0 spiro atoms. The molecule has 1 N–H and O–H groups in total. The smallest absolute Gasteiger partial charge is 0.254 e. The van der Waals surface area contributed by atoms with Crippen molar-refractivity contribution in [3.63, 3.8) is 0 Å². The van der Waals surface area contributed by atoms with Gasteiger partial charge in [-0.05, 0) is 43.2 Å². The Morgan fingerprint density at radius 3 is 2.43 bits per heavy atom. The minimum Gasteiger partial charge on any atom is -0.353 e. The number of hydrogen-bond donors (Lipinski definition) is 1. The highest BCUT2D eigenvalue weighted by Crippen LogP contribution is 2.25. The molecule has 6 nitrogen and oxygen atoms in total. The maximum Gasteiger partial charge on any atom is 0.254 e. The van der Waals surface area contributed by atoms with Crippen molar-refractivity contribution >= 4 is 23.3 Å². The molecule has 1 saturated heterocycles. The number of halogens is 1. The van der Waals surface area contributed by atoms with Crippen LogP contribution in [0.2, 0.25) is 0 Å². The van der Waals surface area contributed by atoms with E-state index >= 15 is 0 Å². The van der Waals surface area contributed by atoms with Crippen LogP contribution in [0, 0.1) is 11.7 Å². The summed E-state index contributed by atoms with van der Waals surface area (Å²) in [5, 5.41) is 2.98. The molecule has 2 aliphatic rings. The number of rotatable bonds is 4. The van der Waals surface area contributed by atoms with Gasteiger partial charge in [0.15, 0.2) is 0 Å². The average molecular weight is 410 g/mol. The van der Waals surface area contributed by atoms with Gasteiger partial charge in [-0.15, -0.1) is 0 Å². The number of carbonyl (C=O) groups is 2. The molecular formula is C23H27FN4O2. The van der Waals surface area contributed by atoms with Gasteiger partial charge in [-0.1, -0.05) is 25.3 Å². The van der Waals surface area contributed by atoms with Crippen LogP contribution in [0.15, 0.2) is 42.6 Å². The van der Waals surface area contributed by atoms with Crippen LogP contribution in [0.3, 0.4) is 0 Å². The third-order valence-corrected chi connectivity index (χ3v) is 5.95. The summed E-state index contributed by atoms with van der Waals surface area (Å²) in [6.07, 6.45) is 7.11. The first-order valence-electron chi connectivity index (χ1n) is 10.7. The molecule has 4 rings (SSSR count). The Labute approximate surface area is 176 Å². The van der Waals surface area contributed by atoms with Crippen molar-refractivity contribution in [2.24, 2.45) is 5.92 Å². The summed E-state index contributed by atoms with van der Waals surface area (Å²) >= 11 is 0. The third kappa shape index (κ3) is 4.78. The van der Waals surface area contributed by atoms with Gasteiger partial charge in [0.25, 0.3) is 5.91 Å². The summed E-state index contributed by atoms with van der Waals surface area (Å²) in [5.74, 6) is 0.474. The van der Waals surface area contributed by atoms with Crippen molar-refractivity contribution in [1.82, 2.24) is 9.88 Å². The quantitative estimate of drug-likeness (QED) is 0.835. The van der Waals surface area contributed by atoms with Crippen molar-refractivity contribution in [3.05, 3.63) is 54.0 Å². The number of amides is 2. The molecule has 0 radical (unpaired) electrons. The molecule has 2 amide bonds. The van der Waals surface area contributed by atoms with Crippen molar-refractivity contribution in [1.29, 1.82) is 0 Å². The maximum atomic E-state index is 13.4. The number of piperazine rings is 1. The molecule has 1 aliphatic carbocycles. The molecule has 2 heterocycles. The monoisotopic (exact) mass is 410 g/mol. The summed E-state index contributed by atoms with van der Waals surface area (Å²) in [6.45, 7) is 2.41. The number of pyridine rings is 1. The number of benzene rings is 1. The van der Waals surface area contributed by atoms with E-state index < -0.39 is 5.82 Å². The zero-order valence-corrected chi connectivity index (χ0v) is 17.0. The molecule has 7 heteroatoms. The van der Waals surface area contributed by atoms with Crippen LogP contribution >= 0.6 is 0 Å². The van der Waals surface area contributed by atoms with Gasteiger partial charge in [0.2, 0.25) is 5.91 Å². The fourth-order valence-electron chi connectivity index (χ4n) is 4.20. The number of aromatic nitrogens is 1. The lowest BCUT2D eigenvalue weighted by Gasteiger charge is -2.35. The highest BCUT2D eigenvalue weighted by atomic mass is 19.1. The fourth-order valence-corrected chi connectivity index (χ4v) is 4.20. The Balaban J connectivity index is 1.30. The average Bonchev–Trinajstić information content (AvgIpc) is 2.80. The second-order valence-corrected chi connectivity index (χ2v) is 8.02. The van der Waals surface area contributed by atoms with E-state index in [2.05, 4.69) is 15.2 Å². The fraction of sp³-hybridized carbons (Fsp3) is 0.435. The molecule has 1 aromatic heterocycles. The van der Waals surface area contributed by atoms with Gasteiger partial charge in [0, 0.05) is 37.7 Å². The first-order valence-corrected chi connectivity index (χ1v) is 10.7. The van der Waals surface area contributed by atoms with Crippen molar-refractivity contribution < 1.29 is 14.0 Å². The van der Waals surface area contributed by atoms with Gasteiger partial charge in [-0.25, -0.2) is 9.37 Å². The summed E-state index contributed by atoms with van der Waals surface area (Å²) in [7, 11) is 0. The maximum absolute atomic E-state index is 13.4. The molecule has 0 bridgehead atoms. The Hall–Kier alpha value is -2.96. The second-order valence-electron chi connectivity index (χ2n) is 8.02. The van der Waals surface area contributed by atoms with Crippen LogP contribution in [-0.4, -0.2) is 47.9 Å². The van der Waals surface area contributed by atoms with Gasteiger partial charge in [-0.2, -0.15) is 0 Å². The van der Waals surface area contributed by atoms with Crippen molar-refractivity contribution in [2.75, 3.05) is 36.4 Å². The highest BCUT2D eigenvalue weighted by Gasteiger charge is 2.24. The van der Waals surface area contributed by atoms with E-state index in [0.29, 0.717) is 37.4 Å². The molecule has 1 saturated carbocycles. The number of anilines is 2. The number of hydrogen-bond acceptors (Lipinski definition) is 4. The van der Waals surface area contributed by atoms with E-state index in [1.807, 2.05) is 12.1 Å². The van der Waals surface area contributed by atoms with E-state index in [4.69, 9.17) is 0 Å². The van der Waals surface area contributed by atoms with Gasteiger partial charge < -0.3 is 15.1 Å². The van der Waals surface area contributed by atoms with Gasteiger partial charge >= 0.3 is 0 Å². The third-order valence-electron chi connectivity index (χ3n) is 5.95. The topological polar surface area (TPSA) is 65.5 Å². The molecular weight excluding hydrogens is 383 g/mol. The molecule has 158 valence electrons. The zero-order valence-electron chi connectivity index (χ0n) is 17.0. The second kappa shape index (κ2) is 9.24. The molecule has 1 aromatic carbocycles. The summed E-state index contributed by atoms with van der Waals surface area (Å²) in [4.78, 5) is 33.3. The van der Waals surface area contributed by atoms with Gasteiger partial charge in [0.05, 0.1) is 11.9 Å². The van der Waals surface area contributed by atoms with Gasteiger partial charge in [0.1, 0.15) is 11.6 Å². The molecule has 1 aliphatic heterocycles. The lowest BCUT2D eigenvalue weighted by molar-refractivity contribution is -0.120. The standard InChI is InChI=1S/C23H27FN4O2/c24-19-8-4-7-18(15-19)23(30)28-13-11-27(12-14-28)21-10-9-20(16-25-21)26-22(29)17-5-2-1-3-6-17/h4,7-10,15-17H,1-3,5-6,11-14H2,(H,26,29). The Morgan fingerprint density at radius 1 is 1.00 bits per heavy atom. The minimum absolute atomic E-state index is 0.0914. The highest BCUT2D eigenvalue weighted by molar-refractivity contribution is 5.94. The normalized spacial score (nSPS) is 17.6. The first-order chi connectivity index (χ1) is 14.6. The first kappa shape index (κ1) is 20.3. The molecule has 2 aromatic rings. The number of nitrogens with one attached hydrogen (secondary N) is 1. The Bertz CT molecular complexity index is 888. The van der Waals surface area contributed by atoms with Crippen LogP contribution in [-0.2, 0) is 4.79 Å². The van der Waals surface area contributed by atoms with Crippen LogP contribution in [0.25, 0.3) is 0 Å². The van der Waals surface area contributed by atoms with Gasteiger partial charge in [-0.3, -0.25) is 9.59 Å². The van der Waals surface area contributed by atoms with Crippen LogP contribution in [0.1, 0.15) is 42.5 Å². The van der Waals surface area contributed by atoms with E-state index in [1.165, 1.54) is 18.6 Å². The Kier molecular flexibility index (Phi) is 6.26. The molecule has 0 unspecified atom stereocenters. The van der Waals surface area contributed by atoms with Crippen molar-refractivity contribution in [2.45, 2.75) is 32.1 Å². The molecule has 30 heavy (non-hydrogen) atoms. The SMILES string of the molecule is O=C(Nc1ccc(N2CCN(C(=O)c3cccc(F)c3)CC2)nc1)C1CCCCC1. The minimum atomic E-state index is -0.403. The van der Waals surface area contributed by atoms with E-state index in [9.17, 15) is 14.0 Å². The summed E-state index contributed by atoms with van der Waals surface area (Å²) in [6, 6.07) is 9.59. The van der Waals surface area contributed by atoms with Crippen LogP contribution in [0.5, 0.6) is 0 Å². The number of nitrogens with zero attached hydrogens (tertiary/aromatic N) is 3. The summed E-state index contributed by atoms with van der Waals surface area (Å²) < 4.78 is 13.4. The number of carbonyl (C=O) groups excluding carboxylic acids is 2. The lowest BCUT2D eigenvalue weighted by Crippen LogP contribution is -2.49. The molecule has 0 atom stereocenters. The predicted octanol–water partition coefficient (Wildman–Crippen LogP) is 3.70. The van der Waals surface area contributed by atoms with E-state index in [1.54, 1.807) is 23.2 Å². The lowest BCUT2D eigenvalue weighted by atomic mass is 9.88. The Morgan fingerprint density at radius 2 is 1.77 bits per heavy atom. The summed E-state index contributed by atoms with van der Waals surface area (Å²) in [5.41, 5.74) is 1.09.